The second-order valence-corrected chi connectivity index (χ2v) is 6.96. The van der Waals surface area contributed by atoms with Crippen molar-refractivity contribution >= 4 is 46.6 Å². The van der Waals surface area contributed by atoms with E-state index in [9.17, 15) is 19.7 Å². The average molecular weight is 452 g/mol. The van der Waals surface area contributed by atoms with Gasteiger partial charge in [0.2, 0.25) is 5.91 Å². The molecule has 0 spiro atoms. The number of carbonyl (C=O) groups excluding carboxylic acids is 2. The number of anilines is 2. The average Bonchev–Trinajstić information content (AvgIpc) is 2.79. The lowest BCUT2D eigenvalue weighted by atomic mass is 10.1. The molecule has 0 aliphatic carbocycles. The first kappa shape index (κ1) is 22.5. The second kappa shape index (κ2) is 10.2. The number of nitrogens with zero attached hydrogens (tertiary/aromatic N) is 1. The van der Waals surface area contributed by atoms with Gasteiger partial charge >= 0.3 is 0 Å². The molecule has 3 rings (SSSR count). The van der Waals surface area contributed by atoms with Crippen LogP contribution in [0, 0.1) is 10.1 Å². The topological polar surface area (TPSA) is 111 Å². The van der Waals surface area contributed by atoms with Crippen LogP contribution >= 0.6 is 11.6 Å². The van der Waals surface area contributed by atoms with Gasteiger partial charge in [0.25, 0.3) is 11.6 Å². The van der Waals surface area contributed by atoms with Crippen LogP contribution in [0.25, 0.3) is 6.08 Å². The smallest absolute Gasteiger partial charge is 0.288 e. The molecular weight excluding hydrogens is 434 g/mol. The van der Waals surface area contributed by atoms with Crippen LogP contribution in [0.15, 0.2) is 72.8 Å². The molecule has 2 amide bonds. The van der Waals surface area contributed by atoms with Gasteiger partial charge in [0.05, 0.1) is 12.0 Å². The number of rotatable bonds is 7. The number of hydrogen-bond acceptors (Lipinski definition) is 5. The highest BCUT2D eigenvalue weighted by atomic mass is 35.5. The van der Waals surface area contributed by atoms with Crippen LogP contribution in [-0.2, 0) is 4.79 Å². The van der Waals surface area contributed by atoms with E-state index in [0.29, 0.717) is 28.3 Å². The fourth-order valence-corrected chi connectivity index (χ4v) is 2.90. The summed E-state index contributed by atoms with van der Waals surface area (Å²) in [4.78, 5) is 34.8. The Kier molecular flexibility index (Phi) is 7.20. The van der Waals surface area contributed by atoms with Crippen LogP contribution < -0.4 is 15.4 Å². The quantitative estimate of drug-likeness (QED) is 0.293. The maximum absolute atomic E-state index is 12.4. The minimum atomic E-state index is -0.591. The van der Waals surface area contributed by atoms with Gasteiger partial charge in [-0.15, -0.1) is 0 Å². The molecule has 3 aromatic carbocycles. The predicted octanol–water partition coefficient (Wildman–Crippen LogP) is 5.16. The van der Waals surface area contributed by atoms with E-state index in [1.54, 1.807) is 61.7 Å². The van der Waals surface area contributed by atoms with Crippen LogP contribution in [0.1, 0.15) is 15.9 Å². The molecule has 3 aromatic rings. The summed E-state index contributed by atoms with van der Waals surface area (Å²) in [7, 11) is 1.56. The van der Waals surface area contributed by atoms with E-state index in [-0.39, 0.29) is 16.6 Å². The SMILES string of the molecule is COc1ccc(NC(=O)c2ccc(NC(=O)/C=C/c3ccc(Cl)c([N+](=O)[O-])c3)cc2)cc1. The van der Waals surface area contributed by atoms with Crippen molar-refractivity contribution in [2.24, 2.45) is 0 Å². The zero-order valence-electron chi connectivity index (χ0n) is 16.9. The molecule has 32 heavy (non-hydrogen) atoms. The zero-order valence-corrected chi connectivity index (χ0v) is 17.6. The standard InChI is InChI=1S/C23H18ClN3O5/c1-32-19-10-8-18(9-11-19)26-23(29)16-4-6-17(7-5-16)25-22(28)13-3-15-2-12-20(24)21(14-15)27(30)31/h2-14H,1H3,(H,25,28)(H,26,29)/b13-3+. The first-order valence-electron chi connectivity index (χ1n) is 9.34. The minimum absolute atomic E-state index is 0.0210. The Morgan fingerprint density at radius 2 is 1.59 bits per heavy atom. The van der Waals surface area contributed by atoms with E-state index >= 15 is 0 Å². The molecule has 0 aliphatic rings. The van der Waals surface area contributed by atoms with E-state index in [1.807, 2.05) is 0 Å². The third kappa shape index (κ3) is 5.93. The Morgan fingerprint density at radius 1 is 0.969 bits per heavy atom. The normalized spacial score (nSPS) is 10.6. The molecule has 0 aromatic heterocycles. The van der Waals surface area contributed by atoms with Crippen LogP contribution in [0.3, 0.4) is 0 Å². The van der Waals surface area contributed by atoms with Gasteiger partial charge in [-0.25, -0.2) is 0 Å². The maximum Gasteiger partial charge on any atom is 0.288 e. The summed E-state index contributed by atoms with van der Waals surface area (Å²) in [6.07, 6.45) is 2.69. The van der Waals surface area contributed by atoms with Crippen molar-refractivity contribution in [1.82, 2.24) is 0 Å². The monoisotopic (exact) mass is 451 g/mol. The number of benzene rings is 3. The van der Waals surface area contributed by atoms with Crippen molar-refractivity contribution < 1.29 is 19.2 Å². The number of methoxy groups -OCH3 is 1. The number of amides is 2. The maximum atomic E-state index is 12.4. The van der Waals surface area contributed by atoms with Gasteiger partial charge in [-0.3, -0.25) is 19.7 Å². The van der Waals surface area contributed by atoms with Crippen LogP contribution in [0.5, 0.6) is 5.75 Å². The van der Waals surface area contributed by atoms with Gasteiger partial charge in [0.1, 0.15) is 10.8 Å². The Balaban J connectivity index is 1.59. The summed E-state index contributed by atoms with van der Waals surface area (Å²) in [5.41, 5.74) is 1.76. The molecule has 0 aliphatic heterocycles. The molecule has 2 N–H and O–H groups in total. The highest BCUT2D eigenvalue weighted by molar-refractivity contribution is 6.32. The van der Waals surface area contributed by atoms with Gasteiger partial charge < -0.3 is 15.4 Å². The fourth-order valence-electron chi connectivity index (χ4n) is 2.71. The van der Waals surface area contributed by atoms with Crippen molar-refractivity contribution in [2.45, 2.75) is 0 Å². The number of nitrogens with one attached hydrogen (secondary N) is 2. The summed E-state index contributed by atoms with van der Waals surface area (Å²) < 4.78 is 5.08. The van der Waals surface area contributed by atoms with Gasteiger partial charge in [-0.1, -0.05) is 17.7 Å². The fraction of sp³-hybridized carbons (Fsp3) is 0.0435. The van der Waals surface area contributed by atoms with Crippen LogP contribution in [0.2, 0.25) is 5.02 Å². The molecule has 0 unspecified atom stereocenters. The van der Waals surface area contributed by atoms with Crippen molar-refractivity contribution in [2.75, 3.05) is 17.7 Å². The summed E-state index contributed by atoms with van der Waals surface area (Å²) in [6.45, 7) is 0. The minimum Gasteiger partial charge on any atom is -0.497 e. The lowest BCUT2D eigenvalue weighted by Crippen LogP contribution is -2.12. The number of nitro benzene ring substituents is 1. The summed E-state index contributed by atoms with van der Waals surface area (Å²) in [5, 5.41) is 16.4. The summed E-state index contributed by atoms with van der Waals surface area (Å²) in [5.74, 6) is -0.0401. The highest BCUT2D eigenvalue weighted by Crippen LogP contribution is 2.25. The van der Waals surface area contributed by atoms with Crippen molar-refractivity contribution in [3.05, 3.63) is 99.1 Å². The van der Waals surface area contributed by atoms with E-state index in [4.69, 9.17) is 16.3 Å². The van der Waals surface area contributed by atoms with Gasteiger partial charge in [-0.2, -0.15) is 0 Å². The highest BCUT2D eigenvalue weighted by Gasteiger charge is 2.12. The molecule has 0 saturated carbocycles. The molecule has 9 heteroatoms. The number of carbonyl (C=O) groups is 2. The van der Waals surface area contributed by atoms with Gasteiger partial charge in [-0.05, 0) is 66.2 Å². The van der Waals surface area contributed by atoms with Gasteiger partial charge in [0, 0.05) is 29.1 Å². The van der Waals surface area contributed by atoms with Crippen molar-refractivity contribution in [3.8, 4) is 5.75 Å². The first-order chi connectivity index (χ1) is 15.4. The number of hydrogen-bond donors (Lipinski definition) is 2. The predicted molar refractivity (Wildman–Crippen MR) is 123 cm³/mol. The molecule has 0 atom stereocenters. The third-order valence-corrected chi connectivity index (χ3v) is 4.68. The molecule has 0 heterocycles. The summed E-state index contributed by atoms with van der Waals surface area (Å²) >= 11 is 5.78. The zero-order chi connectivity index (χ0) is 23.1. The number of ether oxygens (including phenoxy) is 1. The van der Waals surface area contributed by atoms with Crippen LogP contribution in [0.4, 0.5) is 17.1 Å². The van der Waals surface area contributed by atoms with E-state index in [1.165, 1.54) is 24.3 Å². The number of halogens is 1. The summed E-state index contributed by atoms with van der Waals surface area (Å²) in [6, 6.07) is 17.5. The van der Waals surface area contributed by atoms with Gasteiger partial charge in [0.15, 0.2) is 0 Å². The Morgan fingerprint density at radius 3 is 2.22 bits per heavy atom. The van der Waals surface area contributed by atoms with E-state index < -0.39 is 10.8 Å². The van der Waals surface area contributed by atoms with Crippen molar-refractivity contribution in [3.63, 3.8) is 0 Å². The molecular formula is C23H18ClN3O5. The lowest BCUT2D eigenvalue weighted by Gasteiger charge is -2.07. The van der Waals surface area contributed by atoms with E-state index in [2.05, 4.69) is 10.6 Å². The Hall–Kier alpha value is -4.17. The molecule has 162 valence electrons. The molecule has 8 nitrogen and oxygen atoms in total. The second-order valence-electron chi connectivity index (χ2n) is 6.55. The molecule has 0 radical (unpaired) electrons. The Bertz CT molecular complexity index is 1180. The first-order valence-corrected chi connectivity index (χ1v) is 9.72. The molecule has 0 fully saturated rings. The molecule has 0 bridgehead atoms. The molecule has 0 saturated heterocycles. The Labute approximate surface area is 188 Å². The lowest BCUT2D eigenvalue weighted by molar-refractivity contribution is -0.384. The van der Waals surface area contributed by atoms with Crippen molar-refractivity contribution in [1.29, 1.82) is 0 Å². The largest absolute Gasteiger partial charge is 0.497 e. The van der Waals surface area contributed by atoms with Crippen LogP contribution in [-0.4, -0.2) is 23.8 Å². The third-order valence-electron chi connectivity index (χ3n) is 4.36. The number of nitro groups is 1. The van der Waals surface area contributed by atoms with E-state index in [0.717, 1.165) is 0 Å².